The number of rotatable bonds is 8. The Hall–Kier alpha value is -1.63. The van der Waals surface area contributed by atoms with Gasteiger partial charge >= 0.3 is 5.97 Å². The molecule has 25 heavy (non-hydrogen) atoms. The first-order valence-electron chi connectivity index (χ1n) is 8.73. The van der Waals surface area contributed by atoms with Gasteiger partial charge in [0.1, 0.15) is 0 Å². The Morgan fingerprint density at radius 1 is 1.16 bits per heavy atom. The zero-order chi connectivity index (χ0) is 18.1. The average molecular weight is 368 g/mol. The van der Waals surface area contributed by atoms with Crippen LogP contribution >= 0.6 is 11.6 Å². The Balaban J connectivity index is 1.64. The molecule has 1 saturated heterocycles. The number of nitrogens with zero attached hydrogens (tertiary/aromatic N) is 2. The third kappa shape index (κ3) is 7.02. The number of carbonyl (C=O) groups excluding carboxylic acids is 2. The fourth-order valence-corrected chi connectivity index (χ4v) is 2.99. The van der Waals surface area contributed by atoms with Crippen LogP contribution in [0.3, 0.4) is 0 Å². The van der Waals surface area contributed by atoms with Gasteiger partial charge in [-0.25, -0.2) is 0 Å². The van der Waals surface area contributed by atoms with E-state index in [4.69, 9.17) is 16.3 Å². The zero-order valence-electron chi connectivity index (χ0n) is 14.7. The largest absolute Gasteiger partial charge is 0.466 e. The summed E-state index contributed by atoms with van der Waals surface area (Å²) in [6, 6.07) is 7.23. The summed E-state index contributed by atoms with van der Waals surface area (Å²) in [5.41, 5.74) is 0.645. The average Bonchev–Trinajstić information content (AvgIpc) is 2.59. The number of piperazine rings is 1. The number of ether oxygens (including phenoxy) is 1. The lowest BCUT2D eigenvalue weighted by atomic mass is 10.2. The predicted octanol–water partition coefficient (Wildman–Crippen LogP) is 2.24. The fourth-order valence-electron chi connectivity index (χ4n) is 2.81. The smallest absolute Gasteiger partial charge is 0.305 e. The van der Waals surface area contributed by atoms with E-state index in [2.05, 4.69) is 15.1 Å². The van der Waals surface area contributed by atoms with Gasteiger partial charge in [0, 0.05) is 32.6 Å². The highest BCUT2D eigenvalue weighted by Gasteiger charge is 2.19. The summed E-state index contributed by atoms with van der Waals surface area (Å²) in [7, 11) is 0. The molecule has 1 aliphatic heterocycles. The Morgan fingerprint density at radius 2 is 1.84 bits per heavy atom. The lowest BCUT2D eigenvalue weighted by molar-refractivity contribution is -0.143. The van der Waals surface area contributed by atoms with Crippen LogP contribution in [-0.4, -0.2) is 67.6 Å². The summed E-state index contributed by atoms with van der Waals surface area (Å²) in [5, 5.41) is 3.39. The van der Waals surface area contributed by atoms with E-state index in [1.807, 2.05) is 19.1 Å². The lowest BCUT2D eigenvalue weighted by Crippen LogP contribution is -2.48. The maximum absolute atomic E-state index is 12.1. The van der Waals surface area contributed by atoms with E-state index < -0.39 is 0 Å². The molecule has 0 aliphatic carbocycles. The molecule has 1 aliphatic rings. The van der Waals surface area contributed by atoms with E-state index >= 15 is 0 Å². The van der Waals surface area contributed by atoms with E-state index in [9.17, 15) is 9.59 Å². The summed E-state index contributed by atoms with van der Waals surface area (Å²) in [6.45, 7) is 7.00. The fraction of sp³-hybridized carbons (Fsp3) is 0.556. The van der Waals surface area contributed by atoms with Crippen LogP contribution in [0.25, 0.3) is 0 Å². The van der Waals surface area contributed by atoms with Crippen molar-refractivity contribution < 1.29 is 14.3 Å². The topological polar surface area (TPSA) is 61.9 Å². The lowest BCUT2D eigenvalue weighted by Gasteiger charge is -2.34. The molecule has 0 unspecified atom stereocenters. The Morgan fingerprint density at radius 3 is 2.52 bits per heavy atom. The standard InChI is InChI=1S/C18H26ClN3O3/c1-2-25-18(24)8-5-9-21-10-12-22(13-11-21)14-17(23)20-16-7-4-3-6-15(16)19/h3-4,6-7H,2,5,8-14H2,1H3,(H,20,23). The molecule has 138 valence electrons. The monoisotopic (exact) mass is 367 g/mol. The van der Waals surface area contributed by atoms with Gasteiger partial charge in [0.05, 0.1) is 23.9 Å². The molecule has 1 heterocycles. The number of esters is 1. The van der Waals surface area contributed by atoms with Gasteiger partial charge in [0.2, 0.25) is 5.91 Å². The number of carbonyl (C=O) groups is 2. The van der Waals surface area contributed by atoms with Gasteiger partial charge in [-0.05, 0) is 32.0 Å². The molecule has 0 aromatic heterocycles. The molecular weight excluding hydrogens is 342 g/mol. The SMILES string of the molecule is CCOC(=O)CCCN1CCN(CC(=O)Nc2ccccc2Cl)CC1. The molecule has 0 spiro atoms. The minimum Gasteiger partial charge on any atom is -0.466 e. The van der Waals surface area contributed by atoms with Crippen LogP contribution in [0.4, 0.5) is 5.69 Å². The molecule has 6 nitrogen and oxygen atoms in total. The number of anilines is 1. The minimum atomic E-state index is -0.127. The summed E-state index contributed by atoms with van der Waals surface area (Å²) in [4.78, 5) is 27.9. The quantitative estimate of drug-likeness (QED) is 0.714. The second kappa shape index (κ2) is 10.4. The Labute approximate surface area is 154 Å². The molecule has 2 rings (SSSR count). The predicted molar refractivity (Wildman–Crippen MR) is 98.8 cm³/mol. The molecule has 0 atom stereocenters. The van der Waals surface area contributed by atoms with Crippen molar-refractivity contribution in [1.29, 1.82) is 0 Å². The van der Waals surface area contributed by atoms with Gasteiger partial charge < -0.3 is 15.0 Å². The Kier molecular flexibility index (Phi) is 8.18. The van der Waals surface area contributed by atoms with Crippen LogP contribution in [0.2, 0.25) is 5.02 Å². The van der Waals surface area contributed by atoms with Gasteiger partial charge in [-0.3, -0.25) is 14.5 Å². The molecule has 1 N–H and O–H groups in total. The molecule has 1 amide bonds. The third-order valence-electron chi connectivity index (χ3n) is 4.14. The van der Waals surface area contributed by atoms with Crippen LogP contribution in [0, 0.1) is 0 Å². The zero-order valence-corrected chi connectivity index (χ0v) is 15.4. The molecule has 1 aromatic rings. The van der Waals surface area contributed by atoms with Crippen molar-refractivity contribution >= 4 is 29.2 Å². The van der Waals surface area contributed by atoms with E-state index in [0.29, 0.717) is 30.3 Å². The molecule has 7 heteroatoms. The van der Waals surface area contributed by atoms with Crippen LogP contribution in [0.1, 0.15) is 19.8 Å². The van der Waals surface area contributed by atoms with Gasteiger partial charge in [-0.15, -0.1) is 0 Å². The van der Waals surface area contributed by atoms with Crippen LogP contribution in [-0.2, 0) is 14.3 Å². The summed E-state index contributed by atoms with van der Waals surface area (Å²) >= 11 is 6.05. The number of amides is 1. The number of halogens is 1. The third-order valence-corrected chi connectivity index (χ3v) is 4.47. The summed E-state index contributed by atoms with van der Waals surface area (Å²) in [6.07, 6.45) is 1.28. The van der Waals surface area contributed by atoms with Crippen molar-refractivity contribution in [2.24, 2.45) is 0 Å². The maximum Gasteiger partial charge on any atom is 0.305 e. The van der Waals surface area contributed by atoms with Crippen molar-refractivity contribution in [3.8, 4) is 0 Å². The number of hydrogen-bond acceptors (Lipinski definition) is 5. The van der Waals surface area contributed by atoms with Crippen molar-refractivity contribution in [3.05, 3.63) is 29.3 Å². The van der Waals surface area contributed by atoms with Crippen LogP contribution < -0.4 is 5.32 Å². The first-order valence-corrected chi connectivity index (χ1v) is 9.11. The van der Waals surface area contributed by atoms with Crippen molar-refractivity contribution in [1.82, 2.24) is 9.80 Å². The molecule has 1 aromatic carbocycles. The molecule has 1 fully saturated rings. The molecular formula is C18H26ClN3O3. The van der Waals surface area contributed by atoms with Crippen molar-refractivity contribution in [3.63, 3.8) is 0 Å². The van der Waals surface area contributed by atoms with Crippen LogP contribution in [0.15, 0.2) is 24.3 Å². The summed E-state index contributed by atoms with van der Waals surface area (Å²) < 4.78 is 4.93. The molecule has 0 bridgehead atoms. The van der Waals surface area contributed by atoms with Crippen molar-refractivity contribution in [2.45, 2.75) is 19.8 Å². The highest BCUT2D eigenvalue weighted by molar-refractivity contribution is 6.33. The van der Waals surface area contributed by atoms with Crippen LogP contribution in [0.5, 0.6) is 0 Å². The van der Waals surface area contributed by atoms with Gasteiger partial charge in [-0.2, -0.15) is 0 Å². The second-order valence-corrected chi connectivity index (χ2v) is 6.46. The molecule has 0 saturated carbocycles. The number of benzene rings is 1. The Bertz CT molecular complexity index is 574. The van der Waals surface area contributed by atoms with Gasteiger partial charge in [0.15, 0.2) is 0 Å². The van der Waals surface area contributed by atoms with Gasteiger partial charge in [-0.1, -0.05) is 23.7 Å². The first-order chi connectivity index (χ1) is 12.1. The van der Waals surface area contributed by atoms with Gasteiger partial charge in [0.25, 0.3) is 0 Å². The number of hydrogen-bond donors (Lipinski definition) is 1. The van der Waals surface area contributed by atoms with Crippen molar-refractivity contribution in [2.75, 3.05) is 51.2 Å². The number of para-hydroxylation sites is 1. The number of nitrogens with one attached hydrogen (secondary N) is 1. The van der Waals surface area contributed by atoms with E-state index in [1.165, 1.54) is 0 Å². The minimum absolute atomic E-state index is 0.0520. The summed E-state index contributed by atoms with van der Waals surface area (Å²) in [5.74, 6) is -0.179. The first kappa shape index (κ1) is 19.7. The second-order valence-electron chi connectivity index (χ2n) is 6.05. The van der Waals surface area contributed by atoms with E-state index in [1.54, 1.807) is 12.1 Å². The van der Waals surface area contributed by atoms with E-state index in [-0.39, 0.29) is 11.9 Å². The normalized spacial score (nSPS) is 15.8. The highest BCUT2D eigenvalue weighted by atomic mass is 35.5. The molecule has 0 radical (unpaired) electrons. The van der Waals surface area contributed by atoms with E-state index in [0.717, 1.165) is 39.1 Å². The maximum atomic E-state index is 12.1. The highest BCUT2D eigenvalue weighted by Crippen LogP contribution is 2.20.